The number of pyridine rings is 1. The molecule has 1 aliphatic carbocycles. The topological polar surface area (TPSA) is 174 Å². The minimum atomic E-state index is -4.75. The number of rotatable bonds is 8. The van der Waals surface area contributed by atoms with Crippen LogP contribution in [0.2, 0.25) is 0 Å². The van der Waals surface area contributed by atoms with E-state index in [-0.39, 0.29) is 41.1 Å². The number of nitrogens with zero attached hydrogens (tertiary/aromatic N) is 7. The quantitative estimate of drug-likeness (QED) is 0.215. The number of halogens is 3. The highest BCUT2D eigenvalue weighted by atomic mass is 32.2. The normalized spacial score (nSPS) is 21.1. The molecule has 1 atom stereocenters. The molecule has 3 amide bonds. The zero-order chi connectivity index (χ0) is 41.1. The smallest absolute Gasteiger partial charge is 0.367 e. The van der Waals surface area contributed by atoms with Crippen molar-refractivity contribution in [2.24, 2.45) is 13.0 Å². The number of sulfone groups is 1. The van der Waals surface area contributed by atoms with E-state index in [9.17, 15) is 40.8 Å². The summed E-state index contributed by atoms with van der Waals surface area (Å²) < 4.78 is 70.1. The second-order valence-electron chi connectivity index (χ2n) is 15.4. The van der Waals surface area contributed by atoms with Gasteiger partial charge in [0.25, 0.3) is 5.91 Å². The first kappa shape index (κ1) is 39.3. The predicted molar refractivity (Wildman–Crippen MR) is 208 cm³/mol. The highest BCUT2D eigenvalue weighted by Gasteiger charge is 2.34. The van der Waals surface area contributed by atoms with E-state index >= 15 is 0 Å². The lowest BCUT2D eigenvalue weighted by molar-refractivity contribution is -0.141. The average molecular weight is 822 g/mol. The van der Waals surface area contributed by atoms with Gasteiger partial charge in [0.1, 0.15) is 17.4 Å². The lowest BCUT2D eigenvalue weighted by Crippen LogP contribution is -2.48. The molecule has 2 N–H and O–H groups in total. The average Bonchev–Trinajstić information content (AvgIpc) is 3.72. The number of alkyl halides is 3. The summed E-state index contributed by atoms with van der Waals surface area (Å²) in [5.74, 6) is -1.30. The summed E-state index contributed by atoms with van der Waals surface area (Å²) in [5, 5.41) is 10.1. The summed E-state index contributed by atoms with van der Waals surface area (Å²) in [6.45, 7) is 4.15. The zero-order valence-electron chi connectivity index (χ0n) is 31.8. The lowest BCUT2D eigenvalue weighted by atomic mass is 9.85. The van der Waals surface area contributed by atoms with E-state index in [1.54, 1.807) is 17.8 Å². The van der Waals surface area contributed by atoms with E-state index in [1.807, 2.05) is 22.9 Å². The van der Waals surface area contributed by atoms with Gasteiger partial charge in [0.15, 0.2) is 9.84 Å². The maximum Gasteiger partial charge on any atom is 0.433 e. The molecule has 8 rings (SSSR count). The molecule has 2 aromatic carbocycles. The lowest BCUT2D eigenvalue weighted by Gasteiger charge is -2.39. The van der Waals surface area contributed by atoms with Crippen LogP contribution >= 0.6 is 0 Å². The van der Waals surface area contributed by atoms with Gasteiger partial charge in [-0.2, -0.15) is 18.3 Å². The summed E-state index contributed by atoms with van der Waals surface area (Å²) in [5.41, 5.74) is 0.660. The molecule has 19 heteroatoms. The number of anilines is 2. The first-order valence-electron chi connectivity index (χ1n) is 19.1. The summed E-state index contributed by atoms with van der Waals surface area (Å²) in [7, 11) is -2.16. The van der Waals surface area contributed by atoms with Crippen molar-refractivity contribution in [3.8, 4) is 0 Å². The number of fused-ring (bicyclic) bond motifs is 2. The molecule has 0 spiro atoms. The van der Waals surface area contributed by atoms with Crippen LogP contribution in [0.1, 0.15) is 66.8 Å². The minimum absolute atomic E-state index is 0.0751. The van der Waals surface area contributed by atoms with E-state index in [4.69, 9.17) is 5.10 Å². The Morgan fingerprint density at radius 2 is 1.69 bits per heavy atom. The molecular weight excluding hydrogens is 780 g/mol. The van der Waals surface area contributed by atoms with Gasteiger partial charge in [0.05, 0.1) is 38.9 Å². The standard InChI is InChI=1S/C39H42F3N9O6S/c1-47-35-29(6-4-7-30(35)51(38(47)55)31-13-14-34(52)45-37(31)54)49-17-15-48(16-18-49)21-23-9-11-25(12-10-23)50-22-24-19-28(32(58(2,56)57)20-27(24)46-50)44-36(53)26-5-3-8-33(43-26)39(40,41)42/h3-8,19-20,22-23,25,31H,9-18,21H2,1-2H3,(H,44,53)(H,45,52,54). The van der Waals surface area contributed by atoms with E-state index in [0.29, 0.717) is 22.3 Å². The van der Waals surface area contributed by atoms with Crippen molar-refractivity contribution in [1.82, 2.24) is 34.1 Å². The molecule has 306 valence electrons. The number of imide groups is 1. The minimum Gasteiger partial charge on any atom is -0.367 e. The Morgan fingerprint density at radius 3 is 2.38 bits per heavy atom. The van der Waals surface area contributed by atoms with Crippen molar-refractivity contribution in [3.05, 3.63) is 76.6 Å². The van der Waals surface area contributed by atoms with Crippen molar-refractivity contribution in [1.29, 1.82) is 0 Å². The van der Waals surface area contributed by atoms with Gasteiger partial charge in [0, 0.05) is 64.0 Å². The van der Waals surface area contributed by atoms with Gasteiger partial charge in [-0.15, -0.1) is 0 Å². The number of piperazine rings is 1. The number of amides is 3. The Hall–Kier alpha value is -5.56. The predicted octanol–water partition coefficient (Wildman–Crippen LogP) is 4.29. The van der Waals surface area contributed by atoms with Crippen molar-refractivity contribution < 1.29 is 36.0 Å². The third kappa shape index (κ3) is 7.59. The molecule has 3 aromatic heterocycles. The van der Waals surface area contributed by atoms with Crippen LogP contribution in [0.3, 0.4) is 0 Å². The molecule has 2 saturated heterocycles. The molecule has 1 saturated carbocycles. The molecule has 0 radical (unpaired) electrons. The number of piperidine rings is 1. The van der Waals surface area contributed by atoms with Crippen molar-refractivity contribution >= 4 is 60.9 Å². The first-order chi connectivity index (χ1) is 27.5. The number of benzene rings is 2. The number of carbonyl (C=O) groups is 3. The Morgan fingerprint density at radius 1 is 0.966 bits per heavy atom. The number of carbonyl (C=O) groups excluding carboxylic acids is 3. The van der Waals surface area contributed by atoms with Crippen molar-refractivity contribution in [3.63, 3.8) is 0 Å². The number of aryl methyl sites for hydroxylation is 1. The largest absolute Gasteiger partial charge is 0.433 e. The molecule has 3 aliphatic rings. The Bertz CT molecular complexity index is 2620. The molecule has 15 nitrogen and oxygen atoms in total. The number of aromatic nitrogens is 5. The van der Waals surface area contributed by atoms with Crippen LogP contribution in [0.25, 0.3) is 21.9 Å². The molecule has 5 aromatic rings. The molecule has 58 heavy (non-hydrogen) atoms. The maximum absolute atomic E-state index is 13.4. The Kier molecular flexibility index (Phi) is 10.1. The second kappa shape index (κ2) is 15.0. The summed E-state index contributed by atoms with van der Waals surface area (Å²) >= 11 is 0. The highest BCUT2D eigenvalue weighted by Crippen LogP contribution is 2.36. The number of nitrogens with one attached hydrogen (secondary N) is 2. The van der Waals surface area contributed by atoms with Crippen LogP contribution < -0.4 is 21.2 Å². The third-order valence-corrected chi connectivity index (χ3v) is 12.7. The SMILES string of the molecule is Cn1c(=O)n(C2CCC(=O)NC2=O)c2cccc(N3CCN(CC4CCC(n5cc6cc(NC(=O)c7cccc(C(F)(F)F)n7)c(S(C)(=O)=O)cc6n5)CC4)CC3)c21. The monoisotopic (exact) mass is 821 g/mol. The van der Waals surface area contributed by atoms with Crippen LogP contribution in [-0.2, 0) is 32.7 Å². The van der Waals surface area contributed by atoms with Gasteiger partial charge in [-0.3, -0.25) is 38.4 Å². The van der Waals surface area contributed by atoms with Crippen LogP contribution in [0, 0.1) is 5.92 Å². The molecule has 5 heterocycles. The Balaban J connectivity index is 0.900. The molecule has 2 aliphatic heterocycles. The van der Waals surface area contributed by atoms with E-state index in [2.05, 4.69) is 25.4 Å². The van der Waals surface area contributed by atoms with Gasteiger partial charge >= 0.3 is 11.9 Å². The molecule has 3 fully saturated rings. The van der Waals surface area contributed by atoms with Gasteiger partial charge in [-0.1, -0.05) is 12.1 Å². The van der Waals surface area contributed by atoms with Crippen molar-refractivity contribution in [2.45, 2.75) is 61.7 Å². The molecular formula is C39H42F3N9O6S. The number of hydrogen-bond donors (Lipinski definition) is 2. The Labute approximate surface area is 330 Å². The van der Waals surface area contributed by atoms with Gasteiger partial charge < -0.3 is 10.2 Å². The number of imidazole rings is 1. The van der Waals surface area contributed by atoms with Crippen LogP contribution in [0.4, 0.5) is 24.5 Å². The van der Waals surface area contributed by atoms with E-state index in [0.717, 1.165) is 94.1 Å². The van der Waals surface area contributed by atoms with Gasteiger partial charge in [0.2, 0.25) is 11.8 Å². The van der Waals surface area contributed by atoms with Crippen molar-refractivity contribution in [2.75, 3.05) is 49.2 Å². The van der Waals surface area contributed by atoms with Crippen LogP contribution in [0.15, 0.2) is 64.4 Å². The van der Waals surface area contributed by atoms with Gasteiger partial charge in [-0.05, 0) is 74.4 Å². The summed E-state index contributed by atoms with van der Waals surface area (Å²) in [6, 6.07) is 10.9. The van der Waals surface area contributed by atoms with Gasteiger partial charge in [-0.25, -0.2) is 18.2 Å². The van der Waals surface area contributed by atoms with Crippen LogP contribution in [0.5, 0.6) is 0 Å². The fraction of sp³-hybridized carbons (Fsp3) is 0.436. The van der Waals surface area contributed by atoms with E-state index in [1.165, 1.54) is 16.7 Å². The summed E-state index contributed by atoms with van der Waals surface area (Å²) in [4.78, 5) is 58.8. The summed E-state index contributed by atoms with van der Waals surface area (Å²) in [6.07, 6.45) is 2.15. The molecule has 0 bridgehead atoms. The number of hydrogen-bond acceptors (Lipinski definition) is 10. The number of para-hydroxylation sites is 1. The fourth-order valence-electron chi connectivity index (χ4n) is 8.60. The zero-order valence-corrected chi connectivity index (χ0v) is 32.6. The van der Waals surface area contributed by atoms with E-state index < -0.39 is 45.3 Å². The fourth-order valence-corrected chi connectivity index (χ4v) is 9.43. The van der Waals surface area contributed by atoms with Crippen LogP contribution in [-0.4, -0.2) is 93.9 Å². The second-order valence-corrected chi connectivity index (χ2v) is 17.4. The molecule has 1 unspecified atom stereocenters. The third-order valence-electron chi connectivity index (χ3n) is 11.6. The first-order valence-corrected chi connectivity index (χ1v) is 21.0. The maximum atomic E-state index is 13.4. The highest BCUT2D eigenvalue weighted by molar-refractivity contribution is 7.90.